The van der Waals surface area contributed by atoms with Gasteiger partial charge in [-0.1, -0.05) is 7.92 Å². The Morgan fingerprint density at radius 1 is 1.36 bits per heavy atom. The summed E-state index contributed by atoms with van der Waals surface area (Å²) in [7, 11) is -0.122. The summed E-state index contributed by atoms with van der Waals surface area (Å²) in [5, 5.41) is 8.95. The Kier molecular flexibility index (Phi) is 3.28. The number of rotatable bonds is 2. The molecule has 2 nitrogen and oxygen atoms in total. The van der Waals surface area contributed by atoms with E-state index in [2.05, 4.69) is 26.3 Å². The fourth-order valence-corrected chi connectivity index (χ4v) is 2.68. The van der Waals surface area contributed by atoms with Crippen molar-refractivity contribution in [2.75, 3.05) is 19.1 Å². The summed E-state index contributed by atoms with van der Waals surface area (Å²) in [6, 6.07) is 4.05. The molecule has 0 aliphatic rings. The molecule has 3 heteroatoms. The molecule has 0 amide bonds. The summed E-state index contributed by atoms with van der Waals surface area (Å²) in [5.41, 5.74) is 9.23. The molecule has 0 fully saturated rings. The maximum atomic E-state index is 7.61. The quantitative estimate of drug-likeness (QED) is 0.437. The highest BCUT2D eigenvalue weighted by atomic mass is 31.1. The second-order valence-corrected chi connectivity index (χ2v) is 6.02. The van der Waals surface area contributed by atoms with Gasteiger partial charge in [0.25, 0.3) is 0 Å². The van der Waals surface area contributed by atoms with Crippen molar-refractivity contribution in [3.05, 3.63) is 23.3 Å². The predicted octanol–water partition coefficient (Wildman–Crippen LogP) is 2.33. The highest BCUT2D eigenvalue weighted by Gasteiger charge is 2.08. The van der Waals surface area contributed by atoms with E-state index in [1.54, 1.807) is 6.92 Å². The van der Waals surface area contributed by atoms with Gasteiger partial charge in [-0.05, 0) is 50.2 Å². The van der Waals surface area contributed by atoms with Crippen LogP contribution in [0.5, 0.6) is 0 Å². The molecule has 3 N–H and O–H groups in total. The molecule has 1 aromatic rings. The number of anilines is 1. The molecule has 1 rings (SSSR count). The van der Waals surface area contributed by atoms with Crippen LogP contribution in [0.3, 0.4) is 0 Å². The molecule has 0 atom stereocenters. The molecule has 0 saturated carbocycles. The molecular formula is C11H17N2P. The van der Waals surface area contributed by atoms with E-state index in [0.29, 0.717) is 5.71 Å². The first kappa shape index (κ1) is 11.2. The monoisotopic (exact) mass is 208 g/mol. The van der Waals surface area contributed by atoms with E-state index >= 15 is 0 Å². The van der Waals surface area contributed by atoms with Crippen LogP contribution in [0.4, 0.5) is 5.69 Å². The maximum Gasteiger partial charge on any atom is 0.0408 e. The van der Waals surface area contributed by atoms with Gasteiger partial charge in [0.2, 0.25) is 0 Å². The molecule has 0 aromatic heterocycles. The fourth-order valence-electron chi connectivity index (χ4n) is 1.53. The molecule has 0 spiro atoms. The van der Waals surface area contributed by atoms with E-state index in [9.17, 15) is 0 Å². The normalized spacial score (nSPS) is 10.6. The third-order valence-electron chi connectivity index (χ3n) is 2.25. The topological polar surface area (TPSA) is 49.9 Å². The molecule has 0 aliphatic heterocycles. The summed E-state index contributed by atoms with van der Waals surface area (Å²) in [6.45, 7) is 8.29. The zero-order valence-corrected chi connectivity index (χ0v) is 10.1. The number of nitrogens with one attached hydrogen (secondary N) is 1. The van der Waals surface area contributed by atoms with Gasteiger partial charge in [-0.2, -0.15) is 0 Å². The SMILES string of the molecule is CC(=N)c1cc(P(C)C)c(C)cc1N. The first-order valence-corrected chi connectivity index (χ1v) is 6.80. The predicted molar refractivity (Wildman–Crippen MR) is 66.5 cm³/mol. The molecule has 0 saturated heterocycles. The van der Waals surface area contributed by atoms with E-state index < -0.39 is 0 Å². The van der Waals surface area contributed by atoms with E-state index in [-0.39, 0.29) is 7.92 Å². The van der Waals surface area contributed by atoms with Crippen molar-refractivity contribution in [2.24, 2.45) is 0 Å². The summed E-state index contributed by atoms with van der Waals surface area (Å²) in [6.07, 6.45) is 0. The van der Waals surface area contributed by atoms with E-state index in [1.807, 2.05) is 6.07 Å². The van der Waals surface area contributed by atoms with Crippen molar-refractivity contribution in [1.82, 2.24) is 0 Å². The Bertz CT molecular complexity index is 370. The zero-order chi connectivity index (χ0) is 10.9. The van der Waals surface area contributed by atoms with Crippen LogP contribution in [-0.2, 0) is 0 Å². The van der Waals surface area contributed by atoms with Gasteiger partial charge >= 0.3 is 0 Å². The highest BCUT2D eigenvalue weighted by molar-refractivity contribution is 7.64. The summed E-state index contributed by atoms with van der Waals surface area (Å²) in [4.78, 5) is 0. The second-order valence-electron chi connectivity index (χ2n) is 3.75. The summed E-state index contributed by atoms with van der Waals surface area (Å²) in [5.74, 6) is 0. The van der Waals surface area contributed by atoms with Gasteiger partial charge in [0.1, 0.15) is 0 Å². The van der Waals surface area contributed by atoms with Crippen molar-refractivity contribution in [3.63, 3.8) is 0 Å². The lowest BCUT2D eigenvalue weighted by atomic mass is 10.1. The van der Waals surface area contributed by atoms with Crippen LogP contribution >= 0.6 is 7.92 Å². The van der Waals surface area contributed by atoms with Crippen LogP contribution < -0.4 is 11.0 Å². The average Bonchev–Trinajstić information content (AvgIpc) is 2.02. The van der Waals surface area contributed by atoms with E-state index in [4.69, 9.17) is 11.1 Å². The first-order valence-electron chi connectivity index (χ1n) is 4.56. The fraction of sp³-hybridized carbons (Fsp3) is 0.364. The molecule has 0 radical (unpaired) electrons. The van der Waals surface area contributed by atoms with Crippen LogP contribution in [0.2, 0.25) is 0 Å². The number of nitrogen functional groups attached to an aromatic ring is 1. The van der Waals surface area contributed by atoms with Gasteiger partial charge in [-0.3, -0.25) is 0 Å². The van der Waals surface area contributed by atoms with Gasteiger partial charge in [0.05, 0.1) is 0 Å². The van der Waals surface area contributed by atoms with Crippen LogP contribution in [0.15, 0.2) is 12.1 Å². The van der Waals surface area contributed by atoms with Crippen molar-refractivity contribution < 1.29 is 0 Å². The van der Waals surface area contributed by atoms with Crippen LogP contribution in [0.25, 0.3) is 0 Å². The zero-order valence-electron chi connectivity index (χ0n) is 9.18. The molecule has 0 aliphatic carbocycles. The Hall–Kier alpha value is -0.880. The van der Waals surface area contributed by atoms with Crippen LogP contribution in [0, 0.1) is 12.3 Å². The first-order chi connectivity index (χ1) is 6.43. The van der Waals surface area contributed by atoms with E-state index in [1.165, 1.54) is 10.9 Å². The third kappa shape index (κ3) is 2.13. The lowest BCUT2D eigenvalue weighted by molar-refractivity contribution is 1.44. The Labute approximate surface area is 86.8 Å². The van der Waals surface area contributed by atoms with Crippen molar-refractivity contribution in [1.29, 1.82) is 5.41 Å². The van der Waals surface area contributed by atoms with Gasteiger partial charge in [0, 0.05) is 17.0 Å². The Morgan fingerprint density at radius 2 is 1.93 bits per heavy atom. The average molecular weight is 208 g/mol. The molecule has 0 bridgehead atoms. The lowest BCUT2D eigenvalue weighted by Gasteiger charge is -2.14. The number of nitrogens with two attached hydrogens (primary N) is 1. The smallest absolute Gasteiger partial charge is 0.0408 e. The lowest BCUT2D eigenvalue weighted by Crippen LogP contribution is -2.10. The molecule has 0 heterocycles. The highest BCUT2D eigenvalue weighted by Crippen LogP contribution is 2.28. The largest absolute Gasteiger partial charge is 0.398 e. The second kappa shape index (κ2) is 4.10. The van der Waals surface area contributed by atoms with Gasteiger partial charge < -0.3 is 11.1 Å². The van der Waals surface area contributed by atoms with Gasteiger partial charge in [0.15, 0.2) is 0 Å². The number of hydrogen-bond acceptors (Lipinski definition) is 2. The number of aryl methyl sites for hydroxylation is 1. The molecular weight excluding hydrogens is 191 g/mol. The van der Waals surface area contributed by atoms with Crippen LogP contribution in [0.1, 0.15) is 18.1 Å². The van der Waals surface area contributed by atoms with E-state index in [0.717, 1.165) is 11.3 Å². The minimum atomic E-state index is -0.122. The summed E-state index contributed by atoms with van der Waals surface area (Å²) >= 11 is 0. The Balaban J connectivity index is 3.34. The number of benzene rings is 1. The third-order valence-corrected chi connectivity index (χ3v) is 3.70. The molecule has 0 unspecified atom stereocenters. The molecule has 1 aromatic carbocycles. The van der Waals surface area contributed by atoms with Crippen molar-refractivity contribution in [3.8, 4) is 0 Å². The minimum Gasteiger partial charge on any atom is -0.398 e. The maximum absolute atomic E-state index is 7.61. The van der Waals surface area contributed by atoms with Crippen molar-refractivity contribution >= 4 is 24.6 Å². The number of hydrogen-bond donors (Lipinski definition) is 2. The molecule has 76 valence electrons. The Morgan fingerprint density at radius 3 is 2.36 bits per heavy atom. The summed E-state index contributed by atoms with van der Waals surface area (Å²) < 4.78 is 0. The van der Waals surface area contributed by atoms with Gasteiger partial charge in [-0.25, -0.2) is 0 Å². The minimum absolute atomic E-state index is 0.122. The molecule has 14 heavy (non-hydrogen) atoms. The van der Waals surface area contributed by atoms with Crippen LogP contribution in [-0.4, -0.2) is 19.0 Å². The van der Waals surface area contributed by atoms with Gasteiger partial charge in [-0.15, -0.1) is 0 Å². The van der Waals surface area contributed by atoms with Crippen molar-refractivity contribution in [2.45, 2.75) is 13.8 Å². The standard InChI is InChI=1S/C11H17N2P/c1-7-5-10(13)9(8(2)12)6-11(7)14(3)4/h5-6,12H,13H2,1-4H3.